The SMILES string of the molecule is CCOC(=O)c1ccc(C=C2SC(=Nc3ccc(C)cc3)N(Cc3ccccc3)C2=O)cc1. The van der Waals surface area contributed by atoms with E-state index in [4.69, 9.17) is 9.73 Å². The molecule has 0 spiro atoms. The molecule has 5 nitrogen and oxygen atoms in total. The van der Waals surface area contributed by atoms with Crippen LogP contribution in [0.4, 0.5) is 5.69 Å². The fraction of sp³-hybridized carbons (Fsp3) is 0.148. The van der Waals surface area contributed by atoms with Gasteiger partial charge in [0.2, 0.25) is 0 Å². The van der Waals surface area contributed by atoms with Gasteiger partial charge in [-0.25, -0.2) is 9.79 Å². The van der Waals surface area contributed by atoms with Crippen LogP contribution in [0.1, 0.15) is 34.0 Å². The van der Waals surface area contributed by atoms with Crippen molar-refractivity contribution in [2.45, 2.75) is 20.4 Å². The van der Waals surface area contributed by atoms with Crippen molar-refractivity contribution in [2.75, 3.05) is 6.61 Å². The Hall–Kier alpha value is -3.64. The highest BCUT2D eigenvalue weighted by molar-refractivity contribution is 8.18. The number of carbonyl (C=O) groups is 2. The zero-order chi connectivity index (χ0) is 23.2. The summed E-state index contributed by atoms with van der Waals surface area (Å²) in [5.74, 6) is -0.450. The van der Waals surface area contributed by atoms with E-state index in [-0.39, 0.29) is 11.9 Å². The summed E-state index contributed by atoms with van der Waals surface area (Å²) >= 11 is 1.35. The molecule has 0 unspecified atom stereocenters. The highest BCUT2D eigenvalue weighted by Crippen LogP contribution is 2.35. The van der Waals surface area contributed by atoms with E-state index in [9.17, 15) is 9.59 Å². The summed E-state index contributed by atoms with van der Waals surface area (Å²) in [6.45, 7) is 4.57. The molecule has 6 heteroatoms. The maximum Gasteiger partial charge on any atom is 0.338 e. The molecule has 1 saturated heterocycles. The van der Waals surface area contributed by atoms with Crippen LogP contribution in [0.25, 0.3) is 6.08 Å². The molecular weight excluding hydrogens is 432 g/mol. The molecule has 1 heterocycles. The second-order valence-electron chi connectivity index (χ2n) is 7.56. The number of hydrogen-bond acceptors (Lipinski definition) is 5. The number of amidine groups is 1. The molecular formula is C27H24N2O3S. The molecule has 3 aromatic carbocycles. The molecule has 0 aliphatic carbocycles. The van der Waals surface area contributed by atoms with Crippen molar-refractivity contribution in [1.29, 1.82) is 0 Å². The van der Waals surface area contributed by atoms with Crippen LogP contribution in [0, 0.1) is 6.92 Å². The third-order valence-electron chi connectivity index (χ3n) is 5.05. The summed E-state index contributed by atoms with van der Waals surface area (Å²) in [4.78, 5) is 32.3. The molecule has 1 aliphatic rings. The number of ether oxygens (including phenoxy) is 1. The van der Waals surface area contributed by atoms with Gasteiger partial charge < -0.3 is 4.74 Å². The van der Waals surface area contributed by atoms with Gasteiger partial charge in [0.15, 0.2) is 5.17 Å². The van der Waals surface area contributed by atoms with Gasteiger partial charge in [-0.3, -0.25) is 9.69 Å². The number of carbonyl (C=O) groups excluding carboxylic acids is 2. The van der Waals surface area contributed by atoms with Gasteiger partial charge in [0.05, 0.1) is 29.3 Å². The topological polar surface area (TPSA) is 59.0 Å². The first-order valence-corrected chi connectivity index (χ1v) is 11.5. The first-order valence-electron chi connectivity index (χ1n) is 10.7. The summed E-state index contributed by atoms with van der Waals surface area (Å²) in [6, 6.07) is 24.8. The van der Waals surface area contributed by atoms with Crippen molar-refractivity contribution in [2.24, 2.45) is 4.99 Å². The molecule has 1 fully saturated rings. The summed E-state index contributed by atoms with van der Waals surface area (Å²) in [7, 11) is 0. The average molecular weight is 457 g/mol. The molecule has 3 aromatic rings. The number of hydrogen-bond donors (Lipinski definition) is 0. The number of thioether (sulfide) groups is 1. The molecule has 166 valence electrons. The first kappa shape index (κ1) is 22.6. The molecule has 33 heavy (non-hydrogen) atoms. The predicted molar refractivity (Wildman–Crippen MR) is 133 cm³/mol. The number of aryl methyl sites for hydroxylation is 1. The zero-order valence-electron chi connectivity index (χ0n) is 18.5. The Kier molecular flexibility index (Phi) is 7.05. The van der Waals surface area contributed by atoms with Gasteiger partial charge in [0, 0.05) is 0 Å². The fourth-order valence-electron chi connectivity index (χ4n) is 3.31. The van der Waals surface area contributed by atoms with Crippen molar-refractivity contribution >= 4 is 40.6 Å². The Morgan fingerprint density at radius 1 is 1.00 bits per heavy atom. The maximum atomic E-state index is 13.3. The molecule has 0 atom stereocenters. The van der Waals surface area contributed by atoms with Gasteiger partial charge in [0.1, 0.15) is 0 Å². The highest BCUT2D eigenvalue weighted by atomic mass is 32.2. The van der Waals surface area contributed by atoms with Gasteiger partial charge in [-0.2, -0.15) is 0 Å². The number of nitrogens with zero attached hydrogens (tertiary/aromatic N) is 2. The number of amides is 1. The van der Waals surface area contributed by atoms with Crippen LogP contribution in [0.3, 0.4) is 0 Å². The standard InChI is InChI=1S/C27H24N2O3S/c1-3-32-26(31)22-13-11-20(12-14-22)17-24-25(30)29(18-21-7-5-4-6-8-21)27(33-24)28-23-15-9-19(2)10-16-23/h4-17H,3,18H2,1-2H3. The number of benzene rings is 3. The Bertz CT molecular complexity index is 1200. The van der Waals surface area contributed by atoms with E-state index in [0.717, 1.165) is 22.4 Å². The fourth-order valence-corrected chi connectivity index (χ4v) is 4.31. The van der Waals surface area contributed by atoms with E-state index in [1.807, 2.05) is 79.7 Å². The average Bonchev–Trinajstić information content (AvgIpc) is 3.10. The summed E-state index contributed by atoms with van der Waals surface area (Å²) in [6.07, 6.45) is 1.83. The Morgan fingerprint density at radius 3 is 2.36 bits per heavy atom. The Labute approximate surface area is 197 Å². The van der Waals surface area contributed by atoms with Crippen LogP contribution in [0.15, 0.2) is 88.8 Å². The van der Waals surface area contributed by atoms with E-state index in [1.54, 1.807) is 24.0 Å². The largest absolute Gasteiger partial charge is 0.462 e. The number of rotatable bonds is 6. The summed E-state index contributed by atoms with van der Waals surface area (Å²) in [5, 5.41) is 0.641. The van der Waals surface area contributed by atoms with Crippen LogP contribution in [0.5, 0.6) is 0 Å². The Morgan fingerprint density at radius 2 is 1.70 bits per heavy atom. The minimum atomic E-state index is -0.357. The van der Waals surface area contributed by atoms with Gasteiger partial charge in [-0.15, -0.1) is 0 Å². The van der Waals surface area contributed by atoms with Gasteiger partial charge >= 0.3 is 5.97 Å². The number of esters is 1. The maximum absolute atomic E-state index is 13.3. The number of aliphatic imine (C=N–C) groups is 1. The van der Waals surface area contributed by atoms with Crippen molar-refractivity contribution in [3.05, 3.63) is 106 Å². The lowest BCUT2D eigenvalue weighted by molar-refractivity contribution is -0.122. The lowest BCUT2D eigenvalue weighted by Gasteiger charge is -2.15. The second-order valence-corrected chi connectivity index (χ2v) is 8.57. The molecule has 4 rings (SSSR count). The van der Waals surface area contributed by atoms with Crippen LogP contribution in [0.2, 0.25) is 0 Å². The van der Waals surface area contributed by atoms with Gasteiger partial charge in [-0.05, 0) is 67.1 Å². The van der Waals surface area contributed by atoms with Crippen molar-refractivity contribution in [3.8, 4) is 0 Å². The monoisotopic (exact) mass is 456 g/mol. The van der Waals surface area contributed by atoms with E-state index in [0.29, 0.717) is 28.8 Å². The van der Waals surface area contributed by atoms with E-state index in [1.165, 1.54) is 11.8 Å². The molecule has 1 aliphatic heterocycles. The van der Waals surface area contributed by atoms with Crippen LogP contribution < -0.4 is 0 Å². The highest BCUT2D eigenvalue weighted by Gasteiger charge is 2.33. The van der Waals surface area contributed by atoms with Gasteiger partial charge in [-0.1, -0.05) is 60.2 Å². The molecule has 0 aromatic heterocycles. The normalized spacial score (nSPS) is 15.9. The Balaban J connectivity index is 1.63. The third kappa shape index (κ3) is 5.59. The molecule has 1 amide bonds. The van der Waals surface area contributed by atoms with Gasteiger partial charge in [0.25, 0.3) is 5.91 Å². The zero-order valence-corrected chi connectivity index (χ0v) is 19.3. The molecule has 0 N–H and O–H groups in total. The summed E-state index contributed by atoms with van der Waals surface area (Å²) < 4.78 is 5.03. The lowest BCUT2D eigenvalue weighted by Crippen LogP contribution is -2.28. The van der Waals surface area contributed by atoms with E-state index >= 15 is 0 Å². The predicted octanol–water partition coefficient (Wildman–Crippen LogP) is 5.98. The summed E-state index contributed by atoms with van der Waals surface area (Å²) in [5.41, 5.74) is 4.30. The van der Waals surface area contributed by atoms with Crippen LogP contribution >= 0.6 is 11.8 Å². The lowest BCUT2D eigenvalue weighted by atomic mass is 10.1. The molecule has 0 saturated carbocycles. The smallest absolute Gasteiger partial charge is 0.338 e. The van der Waals surface area contributed by atoms with Crippen LogP contribution in [-0.2, 0) is 16.1 Å². The van der Waals surface area contributed by atoms with Crippen molar-refractivity contribution < 1.29 is 14.3 Å². The minimum Gasteiger partial charge on any atom is -0.462 e. The quantitative estimate of drug-likeness (QED) is 0.338. The van der Waals surface area contributed by atoms with Crippen molar-refractivity contribution in [3.63, 3.8) is 0 Å². The van der Waals surface area contributed by atoms with Crippen LogP contribution in [-0.4, -0.2) is 28.6 Å². The molecule has 0 bridgehead atoms. The van der Waals surface area contributed by atoms with Crippen molar-refractivity contribution in [1.82, 2.24) is 4.90 Å². The second kappa shape index (κ2) is 10.3. The third-order valence-corrected chi connectivity index (χ3v) is 6.06. The first-order chi connectivity index (χ1) is 16.0. The van der Waals surface area contributed by atoms with E-state index < -0.39 is 0 Å². The minimum absolute atomic E-state index is 0.0933. The van der Waals surface area contributed by atoms with E-state index in [2.05, 4.69) is 0 Å². The molecule has 0 radical (unpaired) electrons.